The monoisotopic (exact) mass is 543 g/mol. The molecule has 0 amide bonds. The summed E-state index contributed by atoms with van der Waals surface area (Å²) >= 11 is 3.55. The molecule has 1 fully saturated rings. The Morgan fingerprint density at radius 2 is 1.76 bits per heavy atom. The van der Waals surface area contributed by atoms with Crippen LogP contribution in [-0.4, -0.2) is 37.6 Å². The second kappa shape index (κ2) is 11.0. The van der Waals surface area contributed by atoms with Crippen molar-refractivity contribution in [2.45, 2.75) is 49.6 Å². The molecule has 4 rings (SSSR count). The molecule has 180 valence electrons. The second-order valence-electron chi connectivity index (χ2n) is 8.84. The molecular weight excluding hydrogens is 514 g/mol. The molecule has 0 saturated carbocycles. The van der Waals surface area contributed by atoms with Gasteiger partial charge in [-0.05, 0) is 72.8 Å². The Labute approximate surface area is 210 Å². The summed E-state index contributed by atoms with van der Waals surface area (Å²) in [6, 6.07) is 20.8. The summed E-state index contributed by atoms with van der Waals surface area (Å²) in [7, 11) is -3.46. The van der Waals surface area contributed by atoms with Gasteiger partial charge in [0.15, 0.2) is 9.84 Å². The van der Waals surface area contributed by atoms with E-state index in [-0.39, 0.29) is 18.4 Å². The van der Waals surface area contributed by atoms with E-state index in [0.29, 0.717) is 22.8 Å². The average molecular weight is 545 g/mol. The number of ether oxygens (including phenoxy) is 1. The number of hydrogen-bond donors (Lipinski definition) is 1. The summed E-state index contributed by atoms with van der Waals surface area (Å²) < 4.78 is 32.6. The topological polar surface area (TPSA) is 66.8 Å². The van der Waals surface area contributed by atoms with Crippen molar-refractivity contribution in [1.82, 2.24) is 4.90 Å². The van der Waals surface area contributed by atoms with Crippen molar-refractivity contribution in [2.75, 3.05) is 13.2 Å². The van der Waals surface area contributed by atoms with Crippen molar-refractivity contribution in [1.29, 1.82) is 0 Å². The molecule has 0 unspecified atom stereocenters. The van der Waals surface area contributed by atoms with Crippen LogP contribution in [0.2, 0.25) is 0 Å². The van der Waals surface area contributed by atoms with E-state index in [1.807, 2.05) is 13.0 Å². The van der Waals surface area contributed by atoms with Gasteiger partial charge in [-0.15, -0.1) is 0 Å². The number of benzene rings is 3. The lowest BCUT2D eigenvalue weighted by atomic mass is 10.1. The van der Waals surface area contributed by atoms with Gasteiger partial charge in [0.25, 0.3) is 0 Å². The van der Waals surface area contributed by atoms with Crippen molar-refractivity contribution in [3.63, 3.8) is 0 Å². The zero-order chi connectivity index (χ0) is 24.1. The number of aliphatic hydroxyl groups is 1. The van der Waals surface area contributed by atoms with Crippen LogP contribution in [0.4, 0.5) is 0 Å². The van der Waals surface area contributed by atoms with Gasteiger partial charge in [0.05, 0.1) is 17.3 Å². The average Bonchev–Trinajstić information content (AvgIpc) is 3.29. The molecular formula is C27H30BrNO4S. The number of likely N-dealkylation sites (tertiary alicyclic amines) is 1. The molecule has 0 aromatic heterocycles. The number of nitrogens with zero attached hydrogens (tertiary/aromatic N) is 1. The summed E-state index contributed by atoms with van der Waals surface area (Å²) in [5, 5.41) is 9.52. The SMILES string of the molecule is Cc1cc(OCc2ccc(CN3CCC[C@@H]3CO)cc2)cc(CS(=O)(=O)c2ccccc2)c1Br. The first-order valence-electron chi connectivity index (χ1n) is 11.5. The minimum Gasteiger partial charge on any atom is -0.489 e. The number of hydrogen-bond acceptors (Lipinski definition) is 5. The smallest absolute Gasteiger partial charge is 0.182 e. The van der Waals surface area contributed by atoms with Gasteiger partial charge in [-0.1, -0.05) is 58.4 Å². The van der Waals surface area contributed by atoms with E-state index < -0.39 is 9.84 Å². The standard InChI is InChI=1S/C27H30BrNO4S/c1-20-14-25(15-23(27(20)28)19-34(31,32)26-7-3-2-4-8-26)33-18-22-11-9-21(10-12-22)16-29-13-5-6-24(29)17-30/h2-4,7-12,14-15,24,30H,5-6,13,16-19H2,1H3/t24-/m1/s1. The van der Waals surface area contributed by atoms with Crippen LogP contribution in [0.3, 0.4) is 0 Å². The van der Waals surface area contributed by atoms with Crippen LogP contribution in [-0.2, 0) is 28.7 Å². The van der Waals surface area contributed by atoms with E-state index in [0.717, 1.165) is 41.5 Å². The molecule has 3 aromatic rings. The fraction of sp³-hybridized carbons (Fsp3) is 0.333. The molecule has 0 radical (unpaired) electrons. The van der Waals surface area contributed by atoms with Gasteiger partial charge >= 0.3 is 0 Å². The van der Waals surface area contributed by atoms with E-state index in [2.05, 4.69) is 45.1 Å². The third-order valence-electron chi connectivity index (χ3n) is 6.28. The highest BCUT2D eigenvalue weighted by Gasteiger charge is 2.23. The van der Waals surface area contributed by atoms with Crippen LogP contribution in [0.1, 0.15) is 35.1 Å². The van der Waals surface area contributed by atoms with Gasteiger partial charge in [-0.2, -0.15) is 0 Å². The van der Waals surface area contributed by atoms with Crippen LogP contribution in [0.15, 0.2) is 76.1 Å². The molecule has 3 aromatic carbocycles. The lowest BCUT2D eigenvalue weighted by Gasteiger charge is -2.22. The zero-order valence-electron chi connectivity index (χ0n) is 19.3. The van der Waals surface area contributed by atoms with E-state index in [4.69, 9.17) is 4.74 Å². The maximum absolute atomic E-state index is 12.9. The number of rotatable bonds is 9. The Kier molecular flexibility index (Phi) is 8.09. The molecule has 1 N–H and O–H groups in total. The highest BCUT2D eigenvalue weighted by atomic mass is 79.9. The molecule has 1 heterocycles. The Morgan fingerprint density at radius 1 is 1.06 bits per heavy atom. The fourth-order valence-electron chi connectivity index (χ4n) is 4.36. The van der Waals surface area contributed by atoms with Crippen molar-refractivity contribution >= 4 is 25.8 Å². The highest BCUT2D eigenvalue weighted by molar-refractivity contribution is 9.10. The molecule has 0 spiro atoms. The van der Waals surface area contributed by atoms with E-state index >= 15 is 0 Å². The third kappa shape index (κ3) is 6.08. The molecule has 7 heteroatoms. The Morgan fingerprint density at radius 3 is 2.47 bits per heavy atom. The number of aryl methyl sites for hydroxylation is 1. The summed E-state index contributed by atoms with van der Waals surface area (Å²) in [5.74, 6) is 0.543. The predicted octanol–water partition coefficient (Wildman–Crippen LogP) is 5.27. The summed E-state index contributed by atoms with van der Waals surface area (Å²) in [6.07, 6.45) is 2.20. The van der Waals surface area contributed by atoms with Crippen LogP contribution in [0.5, 0.6) is 5.75 Å². The predicted molar refractivity (Wildman–Crippen MR) is 138 cm³/mol. The van der Waals surface area contributed by atoms with E-state index in [1.54, 1.807) is 36.4 Å². The van der Waals surface area contributed by atoms with Crippen LogP contribution in [0.25, 0.3) is 0 Å². The molecule has 1 aliphatic heterocycles. The molecule has 0 aliphatic carbocycles. The zero-order valence-corrected chi connectivity index (χ0v) is 21.7. The van der Waals surface area contributed by atoms with Gasteiger partial charge < -0.3 is 9.84 Å². The first-order valence-corrected chi connectivity index (χ1v) is 13.9. The molecule has 0 bridgehead atoms. The van der Waals surface area contributed by atoms with E-state index in [9.17, 15) is 13.5 Å². The number of aliphatic hydroxyl groups excluding tert-OH is 1. The molecule has 1 atom stereocenters. The maximum Gasteiger partial charge on any atom is 0.182 e. The van der Waals surface area contributed by atoms with E-state index in [1.165, 1.54) is 5.56 Å². The van der Waals surface area contributed by atoms with Gasteiger partial charge in [-0.3, -0.25) is 4.90 Å². The normalized spacial score (nSPS) is 16.6. The van der Waals surface area contributed by atoms with Crippen molar-refractivity contribution < 1.29 is 18.3 Å². The summed E-state index contributed by atoms with van der Waals surface area (Å²) in [5.41, 5.74) is 3.87. The highest BCUT2D eigenvalue weighted by Crippen LogP contribution is 2.30. The fourth-order valence-corrected chi connectivity index (χ4v) is 6.29. The van der Waals surface area contributed by atoms with Crippen LogP contribution >= 0.6 is 15.9 Å². The molecule has 5 nitrogen and oxygen atoms in total. The third-order valence-corrected chi connectivity index (χ3v) is 9.09. The largest absolute Gasteiger partial charge is 0.489 e. The molecule has 34 heavy (non-hydrogen) atoms. The Bertz CT molecular complexity index is 1210. The van der Waals surface area contributed by atoms with Gasteiger partial charge in [0, 0.05) is 17.1 Å². The van der Waals surface area contributed by atoms with Gasteiger partial charge in [0.1, 0.15) is 12.4 Å². The van der Waals surface area contributed by atoms with Crippen molar-refractivity contribution in [2.24, 2.45) is 0 Å². The van der Waals surface area contributed by atoms with Crippen molar-refractivity contribution in [3.05, 3.63) is 93.5 Å². The first kappa shape index (κ1) is 24.9. The van der Waals surface area contributed by atoms with Crippen LogP contribution < -0.4 is 4.74 Å². The lowest BCUT2D eigenvalue weighted by Crippen LogP contribution is -2.31. The Hall–Kier alpha value is -2.19. The lowest BCUT2D eigenvalue weighted by molar-refractivity contribution is 0.153. The minimum atomic E-state index is -3.46. The summed E-state index contributed by atoms with van der Waals surface area (Å²) in [4.78, 5) is 2.64. The quantitative estimate of drug-likeness (QED) is 0.398. The molecule has 1 aliphatic rings. The van der Waals surface area contributed by atoms with Crippen LogP contribution in [0, 0.1) is 6.92 Å². The second-order valence-corrected chi connectivity index (χ2v) is 11.6. The Balaban J connectivity index is 1.42. The van der Waals surface area contributed by atoms with Gasteiger partial charge in [0.2, 0.25) is 0 Å². The minimum absolute atomic E-state index is 0.102. The summed E-state index contributed by atoms with van der Waals surface area (Å²) in [6.45, 7) is 4.42. The maximum atomic E-state index is 12.9. The number of sulfone groups is 1. The first-order chi connectivity index (χ1) is 16.4. The van der Waals surface area contributed by atoms with Crippen molar-refractivity contribution in [3.8, 4) is 5.75 Å². The van der Waals surface area contributed by atoms with Gasteiger partial charge in [-0.25, -0.2) is 8.42 Å². The molecule has 1 saturated heterocycles. The number of halogens is 1.